The van der Waals surface area contributed by atoms with Gasteiger partial charge in [-0.25, -0.2) is 0 Å². The summed E-state index contributed by atoms with van der Waals surface area (Å²) in [5, 5.41) is 21.9. The predicted octanol–water partition coefficient (Wildman–Crippen LogP) is 4.99. The number of aryl methyl sites for hydroxylation is 2. The Balaban J connectivity index is 0.000000265. The zero-order valence-electron chi connectivity index (χ0n) is 20.9. The molecular weight excluding hydrogens is 470 g/mol. The standard InChI is InChI=1S/C21H20N2O4.C7H7N3/c1-12-8-9-18(17(10-12)23(3)13(2)24)27-19-11-16(21(22)26)20(25)15-7-5-4-6-14(15)19;1-5-2-3-6-7(4-5)9-10-8-6/h4-11,25H,1-3H3,(H2,22,26);2-4H,1H3,(H,8,9,10). The number of nitrogens with zero attached hydrogens (tertiary/aromatic N) is 3. The fraction of sp³-hybridized carbons (Fsp3) is 0.143. The number of aromatic nitrogens is 3. The number of phenols is 1. The topological polar surface area (TPSA) is 134 Å². The molecule has 0 atom stereocenters. The van der Waals surface area contributed by atoms with Gasteiger partial charge in [-0.3, -0.25) is 9.59 Å². The molecule has 0 radical (unpaired) electrons. The quantitative estimate of drug-likeness (QED) is 0.320. The molecule has 188 valence electrons. The van der Waals surface area contributed by atoms with E-state index in [1.165, 1.54) is 23.5 Å². The smallest absolute Gasteiger partial charge is 0.252 e. The molecule has 5 aromatic rings. The molecule has 0 bridgehead atoms. The Morgan fingerprint density at radius 3 is 2.24 bits per heavy atom. The van der Waals surface area contributed by atoms with E-state index in [9.17, 15) is 14.7 Å². The van der Waals surface area contributed by atoms with Crippen molar-refractivity contribution in [3.05, 3.63) is 83.4 Å². The molecule has 9 heteroatoms. The van der Waals surface area contributed by atoms with Crippen molar-refractivity contribution in [2.75, 3.05) is 11.9 Å². The predicted molar refractivity (Wildman–Crippen MR) is 143 cm³/mol. The van der Waals surface area contributed by atoms with Crippen molar-refractivity contribution in [3.63, 3.8) is 0 Å². The third kappa shape index (κ3) is 5.35. The molecule has 0 fully saturated rings. The van der Waals surface area contributed by atoms with Crippen LogP contribution in [0.1, 0.15) is 28.4 Å². The summed E-state index contributed by atoms with van der Waals surface area (Å²) < 4.78 is 6.08. The number of hydrogen-bond donors (Lipinski definition) is 3. The van der Waals surface area contributed by atoms with Crippen LogP contribution < -0.4 is 15.4 Å². The highest BCUT2D eigenvalue weighted by Gasteiger charge is 2.19. The van der Waals surface area contributed by atoms with E-state index in [1.807, 2.05) is 44.2 Å². The largest absolute Gasteiger partial charge is 0.506 e. The number of aromatic amines is 1. The average molecular weight is 498 g/mol. The Bertz CT molecular complexity index is 1630. The van der Waals surface area contributed by atoms with Gasteiger partial charge in [0.2, 0.25) is 5.91 Å². The fourth-order valence-electron chi connectivity index (χ4n) is 3.81. The number of nitrogens with two attached hydrogens (primary N) is 1. The number of hydrogen-bond acceptors (Lipinski definition) is 6. The summed E-state index contributed by atoms with van der Waals surface area (Å²) in [4.78, 5) is 25.1. The molecule has 1 aromatic heterocycles. The summed E-state index contributed by atoms with van der Waals surface area (Å²) in [6.07, 6.45) is 0. The number of anilines is 1. The van der Waals surface area contributed by atoms with Crippen LogP contribution >= 0.6 is 0 Å². The number of H-pyrrole nitrogens is 1. The minimum atomic E-state index is -0.756. The molecule has 4 aromatic carbocycles. The summed E-state index contributed by atoms with van der Waals surface area (Å²) in [7, 11) is 1.66. The molecule has 5 rings (SSSR count). The first-order valence-electron chi connectivity index (χ1n) is 11.5. The van der Waals surface area contributed by atoms with Gasteiger partial charge < -0.3 is 20.5 Å². The number of primary amides is 1. The summed E-state index contributed by atoms with van der Waals surface area (Å²) in [5.41, 5.74) is 10.00. The van der Waals surface area contributed by atoms with Crippen molar-refractivity contribution in [1.82, 2.24) is 15.4 Å². The molecule has 0 aliphatic carbocycles. The molecule has 0 aliphatic heterocycles. The SMILES string of the molecule is CC(=O)N(C)c1cc(C)ccc1Oc1cc(C(N)=O)c(O)c2ccccc12.Cc1ccc2n[nH]nc2c1. The van der Waals surface area contributed by atoms with Crippen LogP contribution in [0.3, 0.4) is 0 Å². The van der Waals surface area contributed by atoms with Gasteiger partial charge in [0.1, 0.15) is 22.5 Å². The highest BCUT2D eigenvalue weighted by molar-refractivity contribution is 6.05. The monoisotopic (exact) mass is 497 g/mol. The maximum Gasteiger partial charge on any atom is 0.252 e. The lowest BCUT2D eigenvalue weighted by Crippen LogP contribution is -2.23. The van der Waals surface area contributed by atoms with Gasteiger partial charge in [0, 0.05) is 24.7 Å². The van der Waals surface area contributed by atoms with Crippen LogP contribution in [0.2, 0.25) is 0 Å². The number of carbonyl (C=O) groups is 2. The van der Waals surface area contributed by atoms with Gasteiger partial charge >= 0.3 is 0 Å². The Morgan fingerprint density at radius 1 is 0.892 bits per heavy atom. The van der Waals surface area contributed by atoms with E-state index >= 15 is 0 Å². The molecule has 0 aliphatic rings. The molecule has 0 saturated carbocycles. The number of aromatic hydroxyl groups is 1. The van der Waals surface area contributed by atoms with Crippen molar-refractivity contribution in [2.45, 2.75) is 20.8 Å². The van der Waals surface area contributed by atoms with Crippen molar-refractivity contribution in [3.8, 4) is 17.2 Å². The minimum Gasteiger partial charge on any atom is -0.506 e. The first-order chi connectivity index (χ1) is 17.7. The molecule has 0 saturated heterocycles. The van der Waals surface area contributed by atoms with Gasteiger partial charge in [-0.2, -0.15) is 15.4 Å². The van der Waals surface area contributed by atoms with Gasteiger partial charge in [0.05, 0.1) is 11.3 Å². The van der Waals surface area contributed by atoms with Crippen LogP contribution in [0.4, 0.5) is 5.69 Å². The third-order valence-electron chi connectivity index (χ3n) is 5.88. The van der Waals surface area contributed by atoms with Crippen molar-refractivity contribution >= 4 is 39.3 Å². The number of ether oxygens (including phenoxy) is 1. The van der Waals surface area contributed by atoms with Gasteiger partial charge in [0.25, 0.3) is 5.91 Å². The molecule has 9 nitrogen and oxygen atoms in total. The Hall–Kier alpha value is -4.92. The van der Waals surface area contributed by atoms with Crippen molar-refractivity contribution in [1.29, 1.82) is 0 Å². The summed E-state index contributed by atoms with van der Waals surface area (Å²) in [5.74, 6) is -0.272. The lowest BCUT2D eigenvalue weighted by atomic mass is 10.0. The number of amides is 2. The van der Waals surface area contributed by atoms with Crippen LogP contribution in [0.25, 0.3) is 21.8 Å². The number of nitrogens with one attached hydrogen (secondary N) is 1. The third-order valence-corrected chi connectivity index (χ3v) is 5.88. The molecule has 2 amide bonds. The summed E-state index contributed by atoms with van der Waals surface area (Å²) in [6, 6.07) is 19.9. The Kier molecular flexibility index (Phi) is 7.06. The maximum absolute atomic E-state index is 11.8. The van der Waals surface area contributed by atoms with Gasteiger partial charge in [-0.15, -0.1) is 0 Å². The molecule has 0 unspecified atom stereocenters. The fourth-order valence-corrected chi connectivity index (χ4v) is 3.81. The highest BCUT2D eigenvalue weighted by Crippen LogP contribution is 2.40. The van der Waals surface area contributed by atoms with Gasteiger partial charge in [-0.1, -0.05) is 36.4 Å². The van der Waals surface area contributed by atoms with Crippen LogP contribution in [0.15, 0.2) is 66.7 Å². The van der Waals surface area contributed by atoms with E-state index in [2.05, 4.69) is 15.4 Å². The van der Waals surface area contributed by atoms with Crippen LogP contribution in [-0.4, -0.2) is 39.4 Å². The lowest BCUT2D eigenvalue weighted by Gasteiger charge is -2.21. The zero-order chi connectivity index (χ0) is 26.7. The first-order valence-corrected chi connectivity index (χ1v) is 11.5. The van der Waals surface area contributed by atoms with E-state index in [4.69, 9.17) is 10.5 Å². The second-order valence-electron chi connectivity index (χ2n) is 8.65. The number of benzene rings is 4. The number of rotatable bonds is 4. The number of carbonyl (C=O) groups excluding carboxylic acids is 2. The minimum absolute atomic E-state index is 0.0303. The normalized spacial score (nSPS) is 10.6. The number of fused-ring (bicyclic) bond motifs is 2. The molecule has 4 N–H and O–H groups in total. The van der Waals surface area contributed by atoms with E-state index in [1.54, 1.807) is 37.4 Å². The zero-order valence-corrected chi connectivity index (χ0v) is 20.9. The van der Waals surface area contributed by atoms with Crippen LogP contribution in [-0.2, 0) is 4.79 Å². The Morgan fingerprint density at radius 2 is 1.54 bits per heavy atom. The van der Waals surface area contributed by atoms with Crippen LogP contribution in [0, 0.1) is 13.8 Å². The first kappa shape index (κ1) is 25.2. The maximum atomic E-state index is 11.8. The van der Waals surface area contributed by atoms with E-state index in [-0.39, 0.29) is 17.2 Å². The molecule has 0 spiro atoms. The van der Waals surface area contributed by atoms with Crippen molar-refractivity contribution in [2.24, 2.45) is 5.73 Å². The molecule has 37 heavy (non-hydrogen) atoms. The molecule has 1 heterocycles. The second-order valence-corrected chi connectivity index (χ2v) is 8.65. The summed E-state index contributed by atoms with van der Waals surface area (Å²) in [6.45, 7) is 5.42. The average Bonchev–Trinajstić information content (AvgIpc) is 3.34. The van der Waals surface area contributed by atoms with Gasteiger partial charge in [0.15, 0.2) is 5.75 Å². The van der Waals surface area contributed by atoms with E-state index in [0.29, 0.717) is 28.0 Å². The highest BCUT2D eigenvalue weighted by atomic mass is 16.5. The van der Waals surface area contributed by atoms with E-state index in [0.717, 1.165) is 16.6 Å². The van der Waals surface area contributed by atoms with E-state index < -0.39 is 5.91 Å². The van der Waals surface area contributed by atoms with Crippen LogP contribution in [0.5, 0.6) is 17.2 Å². The summed E-state index contributed by atoms with van der Waals surface area (Å²) >= 11 is 0. The lowest BCUT2D eigenvalue weighted by molar-refractivity contribution is -0.116. The second kappa shape index (κ2) is 10.4. The van der Waals surface area contributed by atoms with Gasteiger partial charge in [-0.05, 0) is 55.3 Å². The Labute approximate surface area is 213 Å². The molecular formula is C28H27N5O4. The van der Waals surface area contributed by atoms with Crippen molar-refractivity contribution < 1.29 is 19.4 Å².